The number of hydrogen-bond acceptors (Lipinski definition) is 6. The Labute approximate surface area is 215 Å². The van der Waals surface area contributed by atoms with Crippen molar-refractivity contribution >= 4 is 11.6 Å². The van der Waals surface area contributed by atoms with Gasteiger partial charge >= 0.3 is 0 Å². The van der Waals surface area contributed by atoms with Crippen LogP contribution in [0, 0.1) is 39.4 Å². The van der Waals surface area contributed by atoms with Gasteiger partial charge in [-0.15, -0.1) is 0 Å². The van der Waals surface area contributed by atoms with E-state index in [1.54, 1.807) is 0 Å². The van der Waals surface area contributed by atoms with Crippen LogP contribution in [0.15, 0.2) is 11.6 Å². The molecule has 36 heavy (non-hydrogen) atoms. The molecule has 0 aromatic rings. The summed E-state index contributed by atoms with van der Waals surface area (Å²) in [6.07, 6.45) is 2.60. The van der Waals surface area contributed by atoms with E-state index in [0.717, 1.165) is 5.57 Å². The van der Waals surface area contributed by atoms with Crippen LogP contribution < -0.4 is 0 Å². The van der Waals surface area contributed by atoms with E-state index in [2.05, 4.69) is 26.8 Å². The highest BCUT2D eigenvalue weighted by atomic mass is 16.5. The maximum atomic E-state index is 14.4. The first-order chi connectivity index (χ1) is 16.4. The number of carbonyl (C=O) groups is 2. The van der Waals surface area contributed by atoms with E-state index in [0.29, 0.717) is 32.1 Å². The number of carbonyl (C=O) groups excluding carboxylic acids is 2. The van der Waals surface area contributed by atoms with Gasteiger partial charge in [-0.25, -0.2) is 0 Å². The molecular formula is C30H46O6. The van der Waals surface area contributed by atoms with E-state index in [-0.39, 0.29) is 29.8 Å². The Kier molecular flexibility index (Phi) is 5.54. The van der Waals surface area contributed by atoms with Gasteiger partial charge < -0.3 is 20.1 Å². The van der Waals surface area contributed by atoms with E-state index >= 15 is 0 Å². The smallest absolute Gasteiger partial charge is 0.164 e. The maximum absolute atomic E-state index is 14.4. The molecule has 1 saturated heterocycles. The van der Waals surface area contributed by atoms with Gasteiger partial charge in [-0.2, -0.15) is 0 Å². The van der Waals surface area contributed by atoms with Crippen LogP contribution in [0.3, 0.4) is 0 Å². The summed E-state index contributed by atoms with van der Waals surface area (Å²) in [4.78, 5) is 27.8. The summed E-state index contributed by atoms with van der Waals surface area (Å²) in [6, 6.07) is 0. The van der Waals surface area contributed by atoms with Crippen molar-refractivity contribution in [2.45, 2.75) is 123 Å². The lowest BCUT2D eigenvalue weighted by atomic mass is 9.38. The van der Waals surface area contributed by atoms with Crippen molar-refractivity contribution in [1.29, 1.82) is 0 Å². The standard InChI is InChI=1S/C30H46O6/c1-25(2)12-11-21(33)30(8,36-25)23-19(32)14-27(5)20-10-9-16-17(13-18(31)24(35)26(16,3)4)29(20,7)22(34)15-28(23,27)6/h9,17-20,23-24,31-32,35H,10-15H2,1-8H3. The first-order valence-electron chi connectivity index (χ1n) is 13.9. The third kappa shape index (κ3) is 3.05. The Morgan fingerprint density at radius 3 is 2.17 bits per heavy atom. The Hall–Kier alpha value is -1.08. The lowest BCUT2D eigenvalue weighted by Gasteiger charge is -2.65. The number of Topliss-reactive ketones (excluding diaryl/α,β-unsaturated/α-hetero) is 2. The van der Waals surface area contributed by atoms with Gasteiger partial charge in [0.25, 0.3) is 0 Å². The van der Waals surface area contributed by atoms with Crippen molar-refractivity contribution in [3.05, 3.63) is 11.6 Å². The number of aliphatic hydroxyl groups is 3. The maximum Gasteiger partial charge on any atom is 0.164 e. The van der Waals surface area contributed by atoms with E-state index in [9.17, 15) is 24.9 Å². The van der Waals surface area contributed by atoms with Crippen molar-refractivity contribution in [2.24, 2.45) is 39.4 Å². The van der Waals surface area contributed by atoms with E-state index < -0.39 is 57.1 Å². The molecule has 5 aliphatic rings. The Balaban J connectivity index is 1.62. The lowest BCUT2D eigenvalue weighted by Crippen LogP contribution is -2.67. The minimum atomic E-state index is -1.15. The summed E-state index contributed by atoms with van der Waals surface area (Å²) < 4.78 is 6.53. The minimum Gasteiger partial charge on any atom is -0.393 e. The molecule has 3 N–H and O–H groups in total. The van der Waals surface area contributed by atoms with Gasteiger partial charge in [0.2, 0.25) is 0 Å². The number of ether oxygens (including phenoxy) is 1. The molecule has 10 unspecified atom stereocenters. The third-order valence-corrected chi connectivity index (χ3v) is 12.2. The van der Waals surface area contributed by atoms with Crippen LogP contribution >= 0.6 is 0 Å². The predicted octanol–water partition coefficient (Wildman–Crippen LogP) is 3.99. The Morgan fingerprint density at radius 2 is 1.53 bits per heavy atom. The van der Waals surface area contributed by atoms with Crippen molar-refractivity contribution in [3.63, 3.8) is 0 Å². The molecule has 0 spiro atoms. The molecule has 1 aliphatic heterocycles. The Bertz CT molecular complexity index is 1030. The van der Waals surface area contributed by atoms with Crippen LogP contribution in [0.2, 0.25) is 0 Å². The summed E-state index contributed by atoms with van der Waals surface area (Å²) in [6.45, 7) is 16.2. The van der Waals surface area contributed by atoms with Crippen molar-refractivity contribution < 1.29 is 29.6 Å². The van der Waals surface area contributed by atoms with Crippen LogP contribution in [-0.2, 0) is 14.3 Å². The average molecular weight is 503 g/mol. The molecule has 202 valence electrons. The van der Waals surface area contributed by atoms with Crippen LogP contribution in [0.1, 0.15) is 93.9 Å². The van der Waals surface area contributed by atoms with E-state index in [4.69, 9.17) is 4.74 Å². The monoisotopic (exact) mass is 502 g/mol. The number of rotatable bonds is 1. The molecule has 0 aromatic carbocycles. The SMILES string of the molecule is CC1(C)CCC(=O)C(C)(C2C(O)CC3(C)C4CC=C5C(CC(O)C(O)C5(C)C)C4(C)C(=O)CC23C)O1. The first kappa shape index (κ1) is 26.5. The summed E-state index contributed by atoms with van der Waals surface area (Å²) in [5.41, 5.74) is -2.88. The largest absolute Gasteiger partial charge is 0.393 e. The second kappa shape index (κ2) is 7.52. The molecule has 6 nitrogen and oxygen atoms in total. The second-order valence-corrected chi connectivity index (χ2v) is 14.8. The molecule has 3 saturated carbocycles. The normalized spacial score (nSPS) is 53.8. The molecule has 10 atom stereocenters. The fraction of sp³-hybridized carbons (Fsp3) is 0.867. The summed E-state index contributed by atoms with van der Waals surface area (Å²) in [5, 5.41) is 33.3. The van der Waals surface area contributed by atoms with Gasteiger partial charge in [-0.05, 0) is 69.1 Å². The molecule has 0 aromatic heterocycles. The third-order valence-electron chi connectivity index (χ3n) is 12.2. The predicted molar refractivity (Wildman–Crippen MR) is 136 cm³/mol. The van der Waals surface area contributed by atoms with Gasteiger partial charge in [0.15, 0.2) is 5.78 Å². The van der Waals surface area contributed by atoms with Gasteiger partial charge in [0.05, 0.1) is 23.9 Å². The fourth-order valence-electron chi connectivity index (χ4n) is 10.1. The highest BCUT2D eigenvalue weighted by Crippen LogP contribution is 2.74. The number of allylic oxidation sites excluding steroid dienone is 1. The molecule has 5 rings (SSSR count). The molecule has 6 heteroatoms. The molecule has 0 bridgehead atoms. The van der Waals surface area contributed by atoms with Crippen molar-refractivity contribution in [3.8, 4) is 0 Å². The molecule has 4 aliphatic carbocycles. The second-order valence-electron chi connectivity index (χ2n) is 14.8. The molecule has 1 heterocycles. The highest BCUT2D eigenvalue weighted by Gasteiger charge is 2.75. The molecule has 0 radical (unpaired) electrons. The van der Waals surface area contributed by atoms with Gasteiger partial charge in [0.1, 0.15) is 11.4 Å². The zero-order valence-electron chi connectivity index (χ0n) is 23.4. The number of fused-ring (bicyclic) bond motifs is 5. The van der Waals surface area contributed by atoms with Gasteiger partial charge in [-0.1, -0.05) is 46.3 Å². The van der Waals surface area contributed by atoms with Crippen molar-refractivity contribution in [1.82, 2.24) is 0 Å². The zero-order valence-corrected chi connectivity index (χ0v) is 23.4. The van der Waals surface area contributed by atoms with Crippen LogP contribution in [0.4, 0.5) is 0 Å². The van der Waals surface area contributed by atoms with E-state index in [1.807, 2.05) is 34.6 Å². The summed E-state index contributed by atoms with van der Waals surface area (Å²) >= 11 is 0. The molecular weight excluding hydrogens is 456 g/mol. The van der Waals surface area contributed by atoms with E-state index in [1.165, 1.54) is 0 Å². The number of aliphatic hydroxyl groups excluding tert-OH is 3. The summed E-state index contributed by atoms with van der Waals surface area (Å²) in [5.74, 6) is -0.507. The molecule has 4 fully saturated rings. The quantitative estimate of drug-likeness (QED) is 0.469. The summed E-state index contributed by atoms with van der Waals surface area (Å²) in [7, 11) is 0. The minimum absolute atomic E-state index is 0.0223. The van der Waals surface area contributed by atoms with Crippen LogP contribution in [0.5, 0.6) is 0 Å². The van der Waals surface area contributed by atoms with Crippen molar-refractivity contribution in [2.75, 3.05) is 0 Å². The van der Waals surface area contributed by atoms with Crippen LogP contribution in [0.25, 0.3) is 0 Å². The Morgan fingerprint density at radius 1 is 0.889 bits per heavy atom. The highest BCUT2D eigenvalue weighted by molar-refractivity contribution is 5.90. The van der Waals surface area contributed by atoms with Gasteiger partial charge in [0, 0.05) is 29.6 Å². The van der Waals surface area contributed by atoms with Crippen LogP contribution in [-0.4, -0.2) is 56.4 Å². The average Bonchev–Trinajstić information content (AvgIpc) is 2.95. The topological polar surface area (TPSA) is 104 Å². The zero-order chi connectivity index (χ0) is 26.9. The lowest BCUT2D eigenvalue weighted by molar-refractivity contribution is -0.225. The number of hydrogen-bond donors (Lipinski definition) is 3. The fourth-order valence-corrected chi connectivity index (χ4v) is 10.1. The first-order valence-corrected chi connectivity index (χ1v) is 13.9. The van der Waals surface area contributed by atoms with Gasteiger partial charge in [-0.3, -0.25) is 9.59 Å². The molecule has 0 amide bonds. The number of ketones is 2.